The fraction of sp³-hybridized carbons (Fsp3) is 0.857. The van der Waals surface area contributed by atoms with Crippen LogP contribution in [-0.4, -0.2) is 12.6 Å². The second-order valence-corrected chi connectivity index (χ2v) is 6.24. The van der Waals surface area contributed by atoms with E-state index in [1.807, 2.05) is 0 Å². The molecule has 3 aliphatic carbocycles. The van der Waals surface area contributed by atoms with Gasteiger partial charge in [0.05, 0.1) is 0 Å². The zero-order valence-electron chi connectivity index (χ0n) is 9.84. The van der Waals surface area contributed by atoms with E-state index in [0.29, 0.717) is 5.41 Å². The summed E-state index contributed by atoms with van der Waals surface area (Å²) in [5.41, 5.74) is 0.618. The lowest BCUT2D eigenvalue weighted by Crippen LogP contribution is -2.50. The number of hydrogen-bond acceptors (Lipinski definition) is 1. The molecule has 0 aromatic heterocycles. The molecular formula is C14H23N. The number of hydrogen-bond donors (Lipinski definition) is 1. The van der Waals surface area contributed by atoms with Crippen molar-refractivity contribution in [3.8, 4) is 0 Å². The fourth-order valence-electron chi connectivity index (χ4n) is 3.73. The largest absolute Gasteiger partial charge is 0.313 e. The number of nitrogens with one attached hydrogen (secondary N) is 1. The zero-order chi connectivity index (χ0) is 10.3. The minimum absolute atomic E-state index is 0.618. The third kappa shape index (κ3) is 1.75. The Morgan fingerprint density at radius 1 is 1.33 bits per heavy atom. The highest BCUT2D eigenvalue weighted by molar-refractivity contribution is 5.13. The Kier molecular flexibility index (Phi) is 2.39. The van der Waals surface area contributed by atoms with E-state index >= 15 is 0 Å². The quantitative estimate of drug-likeness (QED) is 0.698. The van der Waals surface area contributed by atoms with Gasteiger partial charge in [-0.05, 0) is 42.9 Å². The van der Waals surface area contributed by atoms with Gasteiger partial charge in [0.25, 0.3) is 0 Å². The van der Waals surface area contributed by atoms with Gasteiger partial charge in [0.1, 0.15) is 0 Å². The summed E-state index contributed by atoms with van der Waals surface area (Å²) in [6.07, 6.45) is 13.4. The van der Waals surface area contributed by atoms with Crippen LogP contribution in [0.3, 0.4) is 0 Å². The third-order valence-electron chi connectivity index (χ3n) is 4.96. The summed E-state index contributed by atoms with van der Waals surface area (Å²) in [6.45, 7) is 3.72. The van der Waals surface area contributed by atoms with Crippen molar-refractivity contribution < 1.29 is 0 Å². The Labute approximate surface area is 93.3 Å². The minimum Gasteiger partial charge on any atom is -0.313 e. The van der Waals surface area contributed by atoms with Crippen molar-refractivity contribution >= 4 is 0 Å². The van der Waals surface area contributed by atoms with E-state index in [0.717, 1.165) is 17.9 Å². The lowest BCUT2D eigenvalue weighted by molar-refractivity contribution is 0.145. The van der Waals surface area contributed by atoms with Crippen molar-refractivity contribution in [3.05, 3.63) is 12.2 Å². The molecule has 0 radical (unpaired) electrons. The van der Waals surface area contributed by atoms with E-state index in [1.165, 1.54) is 45.1 Å². The van der Waals surface area contributed by atoms with Crippen LogP contribution in [0.25, 0.3) is 0 Å². The molecular weight excluding hydrogens is 182 g/mol. The molecule has 2 saturated carbocycles. The Hall–Kier alpha value is -0.300. The summed E-state index contributed by atoms with van der Waals surface area (Å²) in [4.78, 5) is 0. The molecule has 0 aromatic carbocycles. The van der Waals surface area contributed by atoms with Crippen LogP contribution in [0.5, 0.6) is 0 Å². The van der Waals surface area contributed by atoms with E-state index < -0.39 is 0 Å². The molecule has 3 rings (SSSR count). The Balaban J connectivity index is 1.48. The van der Waals surface area contributed by atoms with Crippen molar-refractivity contribution in [2.75, 3.05) is 6.54 Å². The molecule has 15 heavy (non-hydrogen) atoms. The third-order valence-corrected chi connectivity index (χ3v) is 4.96. The van der Waals surface area contributed by atoms with E-state index in [4.69, 9.17) is 0 Å². The highest BCUT2D eigenvalue weighted by atomic mass is 15.0. The molecule has 1 heteroatoms. The molecule has 0 spiro atoms. The van der Waals surface area contributed by atoms with Crippen molar-refractivity contribution in [1.29, 1.82) is 0 Å². The summed E-state index contributed by atoms with van der Waals surface area (Å²) in [7, 11) is 0. The lowest BCUT2D eigenvalue weighted by atomic mass is 9.71. The highest BCUT2D eigenvalue weighted by Crippen LogP contribution is 2.43. The number of rotatable bonds is 3. The van der Waals surface area contributed by atoms with Crippen LogP contribution in [0.4, 0.5) is 0 Å². The maximum Gasteiger partial charge on any atom is 0.0136 e. The maximum absolute atomic E-state index is 3.82. The van der Waals surface area contributed by atoms with Gasteiger partial charge < -0.3 is 5.32 Å². The molecule has 0 bridgehead atoms. The predicted octanol–water partition coefficient (Wildman–Crippen LogP) is 3.12. The predicted molar refractivity (Wildman–Crippen MR) is 63.7 cm³/mol. The Bertz CT molecular complexity index is 263. The molecule has 0 aromatic rings. The second kappa shape index (κ2) is 3.62. The zero-order valence-corrected chi connectivity index (χ0v) is 9.84. The molecule has 0 amide bonds. The SMILES string of the molecule is CC1(CNC2CC3CC=CC32)CCCC1. The Morgan fingerprint density at radius 3 is 2.87 bits per heavy atom. The van der Waals surface area contributed by atoms with E-state index in [9.17, 15) is 0 Å². The number of allylic oxidation sites excluding steroid dienone is 1. The van der Waals surface area contributed by atoms with Crippen molar-refractivity contribution in [3.63, 3.8) is 0 Å². The molecule has 0 aliphatic heterocycles. The monoisotopic (exact) mass is 205 g/mol. The average Bonchev–Trinajstić information content (AvgIpc) is 2.75. The van der Waals surface area contributed by atoms with Crippen LogP contribution >= 0.6 is 0 Å². The molecule has 84 valence electrons. The number of fused-ring (bicyclic) bond motifs is 1. The standard InChI is InChI=1S/C14H23N/c1-14(7-2-3-8-14)10-15-13-9-11-5-4-6-12(11)13/h4,6,11-13,15H,2-3,5,7-10H2,1H3. The maximum atomic E-state index is 3.82. The van der Waals surface area contributed by atoms with Gasteiger partial charge in [-0.25, -0.2) is 0 Å². The van der Waals surface area contributed by atoms with E-state index in [1.54, 1.807) is 0 Å². The van der Waals surface area contributed by atoms with Crippen molar-refractivity contribution in [1.82, 2.24) is 5.32 Å². The van der Waals surface area contributed by atoms with E-state index in [-0.39, 0.29) is 0 Å². The first-order valence-corrected chi connectivity index (χ1v) is 6.67. The fourth-order valence-corrected chi connectivity index (χ4v) is 3.73. The summed E-state index contributed by atoms with van der Waals surface area (Å²) >= 11 is 0. The minimum atomic E-state index is 0.618. The van der Waals surface area contributed by atoms with Gasteiger partial charge in [-0.1, -0.05) is 31.9 Å². The van der Waals surface area contributed by atoms with Gasteiger partial charge in [-0.2, -0.15) is 0 Å². The molecule has 3 unspecified atom stereocenters. The first kappa shape index (κ1) is 9.89. The molecule has 0 heterocycles. The van der Waals surface area contributed by atoms with Crippen molar-refractivity contribution in [2.45, 2.75) is 51.5 Å². The van der Waals surface area contributed by atoms with Gasteiger partial charge in [-0.15, -0.1) is 0 Å². The van der Waals surface area contributed by atoms with Crippen molar-refractivity contribution in [2.24, 2.45) is 17.3 Å². The average molecular weight is 205 g/mol. The van der Waals surface area contributed by atoms with Gasteiger partial charge in [0.15, 0.2) is 0 Å². The first-order chi connectivity index (χ1) is 7.27. The van der Waals surface area contributed by atoms with Crippen LogP contribution in [0.2, 0.25) is 0 Å². The highest BCUT2D eigenvalue weighted by Gasteiger charge is 2.41. The summed E-state index contributed by atoms with van der Waals surface area (Å²) in [6, 6.07) is 0.811. The van der Waals surface area contributed by atoms with Gasteiger partial charge >= 0.3 is 0 Å². The second-order valence-electron chi connectivity index (χ2n) is 6.24. The van der Waals surface area contributed by atoms with Crippen LogP contribution in [0, 0.1) is 17.3 Å². The van der Waals surface area contributed by atoms with Gasteiger partial charge in [-0.3, -0.25) is 0 Å². The molecule has 0 saturated heterocycles. The molecule has 2 fully saturated rings. The van der Waals surface area contributed by atoms with Crippen LogP contribution in [-0.2, 0) is 0 Å². The normalized spacial score (nSPS) is 41.5. The first-order valence-electron chi connectivity index (χ1n) is 6.67. The summed E-state index contributed by atoms with van der Waals surface area (Å²) in [5, 5.41) is 3.82. The van der Waals surface area contributed by atoms with Crippen LogP contribution in [0.15, 0.2) is 12.2 Å². The molecule has 1 nitrogen and oxygen atoms in total. The van der Waals surface area contributed by atoms with Crippen LogP contribution < -0.4 is 5.32 Å². The lowest BCUT2D eigenvalue weighted by Gasteiger charge is -2.42. The topological polar surface area (TPSA) is 12.0 Å². The summed E-state index contributed by atoms with van der Waals surface area (Å²) < 4.78 is 0. The van der Waals surface area contributed by atoms with E-state index in [2.05, 4.69) is 24.4 Å². The molecule has 3 aliphatic rings. The van der Waals surface area contributed by atoms with Gasteiger partial charge in [0, 0.05) is 12.6 Å². The summed E-state index contributed by atoms with van der Waals surface area (Å²) in [5.74, 6) is 1.88. The van der Waals surface area contributed by atoms with Gasteiger partial charge in [0.2, 0.25) is 0 Å². The smallest absolute Gasteiger partial charge is 0.0136 e. The molecule has 3 atom stereocenters. The molecule has 1 N–H and O–H groups in total. The Morgan fingerprint density at radius 2 is 2.13 bits per heavy atom. The van der Waals surface area contributed by atoms with Crippen LogP contribution in [0.1, 0.15) is 45.4 Å².